The molecule has 0 saturated carbocycles. The van der Waals surface area contributed by atoms with Crippen LogP contribution in [0, 0.1) is 0 Å². The van der Waals surface area contributed by atoms with E-state index in [-0.39, 0.29) is 11.1 Å². The second-order valence-corrected chi connectivity index (χ2v) is 6.06. The Morgan fingerprint density at radius 3 is 2.60 bits per heavy atom. The number of aromatic carboxylic acids is 1. The lowest BCUT2D eigenvalue weighted by atomic mass is 10.2. The molecule has 0 radical (unpaired) electrons. The normalized spacial score (nSPS) is 14.2. The van der Waals surface area contributed by atoms with Crippen LogP contribution in [0.15, 0.2) is 70.8 Å². The first kappa shape index (κ1) is 24.3. The van der Waals surface area contributed by atoms with Crippen LogP contribution in [0.2, 0.25) is 0 Å². The Morgan fingerprint density at radius 2 is 2.07 bits per heavy atom. The Bertz CT molecular complexity index is 896. The molecule has 1 aromatic rings. The standard InChI is InChI=1S/C11H16N6O2S.C7H7NO2/c1-3-8(9(18)19)6-7(2)14-11-15-10(13-5-4-12)16-20-17-11;8-6-3-1-2-5(4-6)7(9)10/h3,6H,1-2,4-5,12H2,(H,18,19)(H3,13,14,15,16,17);1-4H,8H2,(H,9,10)/b8-6+;. The van der Waals surface area contributed by atoms with Gasteiger partial charge in [0.1, 0.15) is 0 Å². The fourth-order valence-electron chi connectivity index (χ4n) is 1.82. The third-order valence-corrected chi connectivity index (χ3v) is 3.69. The molecule has 0 aliphatic carbocycles. The van der Waals surface area contributed by atoms with Gasteiger partial charge in [-0.15, -0.1) is 0 Å². The highest BCUT2D eigenvalue weighted by atomic mass is 32.2. The van der Waals surface area contributed by atoms with E-state index >= 15 is 0 Å². The number of hydrogen-bond acceptors (Lipinski definition) is 8. The lowest BCUT2D eigenvalue weighted by Crippen LogP contribution is -2.40. The number of carboxylic acid groups (broad SMARTS) is 2. The average molecular weight is 433 g/mol. The van der Waals surface area contributed by atoms with Gasteiger partial charge in [-0.25, -0.2) is 14.6 Å². The number of anilines is 1. The molecule has 0 saturated heterocycles. The SMILES string of the molecule is C=C/C(=C\C(=C)NC1=NC(=NCCN)NSN1)C(=O)O.Nc1cccc(C(=O)O)c1. The smallest absolute Gasteiger partial charge is 0.335 e. The maximum Gasteiger partial charge on any atom is 0.335 e. The highest BCUT2D eigenvalue weighted by Gasteiger charge is 2.10. The summed E-state index contributed by atoms with van der Waals surface area (Å²) in [4.78, 5) is 29.4. The molecule has 30 heavy (non-hydrogen) atoms. The Morgan fingerprint density at radius 1 is 1.33 bits per heavy atom. The third-order valence-electron chi connectivity index (χ3n) is 3.11. The number of nitrogens with one attached hydrogen (secondary N) is 3. The Hall–Kier alpha value is -3.77. The molecule has 160 valence electrons. The molecule has 0 spiro atoms. The summed E-state index contributed by atoms with van der Waals surface area (Å²) in [5, 5.41) is 20.2. The molecule has 0 amide bonds. The first-order chi connectivity index (χ1) is 14.3. The zero-order valence-electron chi connectivity index (χ0n) is 16.0. The van der Waals surface area contributed by atoms with Gasteiger partial charge >= 0.3 is 11.9 Å². The first-order valence-electron chi connectivity index (χ1n) is 8.40. The van der Waals surface area contributed by atoms with Crippen molar-refractivity contribution in [3.8, 4) is 0 Å². The summed E-state index contributed by atoms with van der Waals surface area (Å²) in [6, 6.07) is 6.17. The molecule has 0 fully saturated rings. The van der Waals surface area contributed by atoms with E-state index in [0.29, 0.717) is 36.4 Å². The Labute approximate surface area is 177 Å². The van der Waals surface area contributed by atoms with Crippen LogP contribution in [0.3, 0.4) is 0 Å². The number of nitrogens with zero attached hydrogens (tertiary/aromatic N) is 2. The van der Waals surface area contributed by atoms with Crippen LogP contribution in [0.1, 0.15) is 10.4 Å². The van der Waals surface area contributed by atoms with E-state index < -0.39 is 11.9 Å². The van der Waals surface area contributed by atoms with Gasteiger partial charge in [0.15, 0.2) is 0 Å². The number of benzene rings is 1. The number of aliphatic carboxylic acids is 1. The molecule has 1 aliphatic heterocycles. The number of rotatable bonds is 7. The zero-order chi connectivity index (χ0) is 22.5. The van der Waals surface area contributed by atoms with Crippen LogP contribution in [0.4, 0.5) is 5.69 Å². The predicted octanol–water partition coefficient (Wildman–Crippen LogP) is 0.680. The molecule has 0 bridgehead atoms. The highest BCUT2D eigenvalue weighted by Crippen LogP contribution is 2.05. The predicted molar refractivity (Wildman–Crippen MR) is 119 cm³/mol. The lowest BCUT2D eigenvalue weighted by Gasteiger charge is -2.17. The van der Waals surface area contributed by atoms with Gasteiger partial charge in [-0.05, 0) is 24.3 Å². The quantitative estimate of drug-likeness (QED) is 0.139. The summed E-state index contributed by atoms with van der Waals surface area (Å²) in [5.74, 6) is -1.23. The van der Waals surface area contributed by atoms with Crippen LogP contribution >= 0.6 is 12.1 Å². The summed E-state index contributed by atoms with van der Waals surface area (Å²) < 4.78 is 5.69. The zero-order valence-corrected chi connectivity index (χ0v) is 16.8. The second-order valence-electron chi connectivity index (χ2n) is 5.45. The molecule has 2 rings (SSSR count). The lowest BCUT2D eigenvalue weighted by molar-refractivity contribution is -0.132. The van der Waals surface area contributed by atoms with Gasteiger partial charge in [-0.3, -0.25) is 9.44 Å². The molecule has 1 heterocycles. The van der Waals surface area contributed by atoms with Crippen LogP contribution in [0.25, 0.3) is 0 Å². The molecule has 12 heteroatoms. The van der Waals surface area contributed by atoms with Crippen LogP contribution in [-0.2, 0) is 4.79 Å². The number of carboxylic acids is 2. The third kappa shape index (κ3) is 8.95. The minimum atomic E-state index is -1.08. The van der Waals surface area contributed by atoms with Gasteiger partial charge in [0.25, 0.3) is 0 Å². The maximum atomic E-state index is 10.8. The van der Waals surface area contributed by atoms with Gasteiger partial charge in [0, 0.05) is 17.9 Å². The number of nitrogens with two attached hydrogens (primary N) is 2. The Balaban J connectivity index is 0.000000375. The molecule has 1 aromatic carbocycles. The minimum Gasteiger partial charge on any atom is -0.478 e. The molecule has 9 N–H and O–H groups in total. The second kappa shape index (κ2) is 12.6. The highest BCUT2D eigenvalue weighted by molar-refractivity contribution is 7.96. The number of allylic oxidation sites excluding steroid dienone is 1. The topological polar surface area (TPSA) is 187 Å². The van der Waals surface area contributed by atoms with Crippen molar-refractivity contribution in [3.05, 3.63) is 66.4 Å². The minimum absolute atomic E-state index is 0.0294. The van der Waals surface area contributed by atoms with Crippen molar-refractivity contribution < 1.29 is 19.8 Å². The summed E-state index contributed by atoms with van der Waals surface area (Å²) in [5.41, 5.74) is 11.8. The van der Waals surface area contributed by atoms with E-state index in [1.165, 1.54) is 36.4 Å². The van der Waals surface area contributed by atoms with E-state index in [1.807, 2.05) is 0 Å². The molecule has 0 unspecified atom stereocenters. The van der Waals surface area contributed by atoms with Gasteiger partial charge in [-0.1, -0.05) is 25.3 Å². The first-order valence-corrected chi connectivity index (χ1v) is 9.21. The van der Waals surface area contributed by atoms with Crippen LogP contribution in [0.5, 0.6) is 0 Å². The molecule has 1 aliphatic rings. The van der Waals surface area contributed by atoms with Crippen molar-refractivity contribution in [2.75, 3.05) is 18.8 Å². The van der Waals surface area contributed by atoms with Crippen LogP contribution in [-0.4, -0.2) is 47.2 Å². The summed E-state index contributed by atoms with van der Waals surface area (Å²) in [7, 11) is 0. The number of nitrogen functional groups attached to an aromatic ring is 1. The fraction of sp³-hybridized carbons (Fsp3) is 0.111. The van der Waals surface area contributed by atoms with Crippen molar-refractivity contribution in [1.82, 2.24) is 14.8 Å². The van der Waals surface area contributed by atoms with Crippen molar-refractivity contribution in [2.24, 2.45) is 15.7 Å². The van der Waals surface area contributed by atoms with E-state index in [1.54, 1.807) is 12.1 Å². The largest absolute Gasteiger partial charge is 0.478 e. The molecule has 0 atom stereocenters. The monoisotopic (exact) mass is 433 g/mol. The summed E-state index contributed by atoms with van der Waals surface area (Å²) >= 11 is 1.17. The van der Waals surface area contributed by atoms with Gasteiger partial charge in [-0.2, -0.15) is 4.99 Å². The Kier molecular flexibility index (Phi) is 10.2. The average Bonchev–Trinajstić information content (AvgIpc) is 2.71. The summed E-state index contributed by atoms with van der Waals surface area (Å²) in [6.45, 7) is 8.00. The molecular weight excluding hydrogens is 410 g/mol. The summed E-state index contributed by atoms with van der Waals surface area (Å²) in [6.07, 6.45) is 2.58. The van der Waals surface area contributed by atoms with E-state index in [0.717, 1.165) is 0 Å². The number of carbonyl (C=O) groups is 2. The maximum absolute atomic E-state index is 10.8. The van der Waals surface area contributed by atoms with E-state index in [2.05, 4.69) is 37.9 Å². The number of aliphatic imine (C=N–C) groups is 2. The van der Waals surface area contributed by atoms with Gasteiger partial charge in [0.2, 0.25) is 11.9 Å². The molecule has 0 aromatic heterocycles. The molecular formula is C18H23N7O4S. The van der Waals surface area contributed by atoms with Gasteiger partial charge < -0.3 is 27.0 Å². The number of guanidine groups is 2. The number of hydrogen-bond donors (Lipinski definition) is 7. The van der Waals surface area contributed by atoms with Crippen LogP contribution < -0.4 is 26.2 Å². The van der Waals surface area contributed by atoms with Crippen molar-refractivity contribution in [1.29, 1.82) is 0 Å². The van der Waals surface area contributed by atoms with Crippen molar-refractivity contribution in [3.63, 3.8) is 0 Å². The van der Waals surface area contributed by atoms with E-state index in [4.69, 9.17) is 21.7 Å². The van der Waals surface area contributed by atoms with Gasteiger partial charge in [0.05, 0.1) is 29.8 Å². The van der Waals surface area contributed by atoms with E-state index in [9.17, 15) is 9.59 Å². The molecule has 11 nitrogen and oxygen atoms in total. The van der Waals surface area contributed by atoms with Crippen molar-refractivity contribution in [2.45, 2.75) is 0 Å². The van der Waals surface area contributed by atoms with Crippen molar-refractivity contribution >= 4 is 41.7 Å². The fourth-order valence-corrected chi connectivity index (χ4v) is 2.26.